The van der Waals surface area contributed by atoms with Crippen LogP contribution in [0.15, 0.2) is 12.1 Å². The van der Waals surface area contributed by atoms with E-state index in [0.717, 1.165) is 35.4 Å². The molecule has 1 aliphatic rings. The lowest BCUT2D eigenvalue weighted by molar-refractivity contribution is -0.134. The molecule has 29 heavy (non-hydrogen) atoms. The van der Waals surface area contributed by atoms with Gasteiger partial charge < -0.3 is 20.1 Å². The highest BCUT2D eigenvalue weighted by atomic mass is 16.5. The van der Waals surface area contributed by atoms with E-state index in [1.807, 2.05) is 32.9 Å². The first-order valence-corrected chi connectivity index (χ1v) is 10.4. The molecular formula is C22H35N3O4. The van der Waals surface area contributed by atoms with Gasteiger partial charge in [-0.25, -0.2) is 0 Å². The molecule has 0 aliphatic carbocycles. The lowest BCUT2D eigenvalue weighted by Crippen LogP contribution is -2.56. The van der Waals surface area contributed by atoms with E-state index in [-0.39, 0.29) is 24.3 Å². The largest absolute Gasteiger partial charge is 0.496 e. The van der Waals surface area contributed by atoms with E-state index in [1.54, 1.807) is 7.11 Å². The number of ether oxygens (including phenoxy) is 2. The number of hydrogen-bond acceptors (Lipinski definition) is 5. The molecule has 1 unspecified atom stereocenters. The molecule has 1 aliphatic heterocycles. The second kappa shape index (κ2) is 11.2. The SMILES string of the molecule is COc1ccc(CN2CCNC(=O)C2CC(=O)NCCCOC(C)C)c(C)c1C. The smallest absolute Gasteiger partial charge is 0.237 e. The topological polar surface area (TPSA) is 79.9 Å². The van der Waals surface area contributed by atoms with Crippen molar-refractivity contribution in [1.82, 2.24) is 15.5 Å². The van der Waals surface area contributed by atoms with Crippen molar-refractivity contribution < 1.29 is 19.1 Å². The van der Waals surface area contributed by atoms with Gasteiger partial charge in [-0.15, -0.1) is 0 Å². The Hall–Kier alpha value is -2.12. The average molecular weight is 406 g/mol. The number of carbonyl (C=O) groups excluding carboxylic acids is 2. The minimum absolute atomic E-state index is 0.0857. The van der Waals surface area contributed by atoms with Crippen molar-refractivity contribution in [1.29, 1.82) is 0 Å². The summed E-state index contributed by atoms with van der Waals surface area (Å²) in [5.41, 5.74) is 3.40. The van der Waals surface area contributed by atoms with Crippen LogP contribution in [0.5, 0.6) is 5.75 Å². The first-order chi connectivity index (χ1) is 13.8. The monoisotopic (exact) mass is 405 g/mol. The zero-order valence-electron chi connectivity index (χ0n) is 18.3. The highest BCUT2D eigenvalue weighted by Gasteiger charge is 2.31. The Morgan fingerprint density at radius 1 is 1.31 bits per heavy atom. The van der Waals surface area contributed by atoms with Crippen LogP contribution in [0.4, 0.5) is 0 Å². The maximum absolute atomic E-state index is 12.5. The summed E-state index contributed by atoms with van der Waals surface area (Å²) in [5.74, 6) is 0.668. The lowest BCUT2D eigenvalue weighted by Gasteiger charge is -2.35. The zero-order chi connectivity index (χ0) is 21.4. The van der Waals surface area contributed by atoms with Crippen LogP contribution in [0.25, 0.3) is 0 Å². The number of nitrogens with zero attached hydrogens (tertiary/aromatic N) is 1. The van der Waals surface area contributed by atoms with Crippen LogP contribution in [0.2, 0.25) is 0 Å². The molecule has 162 valence electrons. The van der Waals surface area contributed by atoms with Crippen LogP contribution in [0.3, 0.4) is 0 Å². The standard InChI is InChI=1S/C22H35N3O4/c1-15(2)29-12-6-9-23-21(26)13-19-22(27)24-10-11-25(19)14-18-7-8-20(28-5)17(4)16(18)3/h7-8,15,19H,6,9-14H2,1-5H3,(H,23,26)(H,24,27). The number of nitrogens with one attached hydrogen (secondary N) is 2. The highest BCUT2D eigenvalue weighted by Crippen LogP contribution is 2.25. The first kappa shape index (κ1) is 23.2. The van der Waals surface area contributed by atoms with Crippen LogP contribution >= 0.6 is 0 Å². The first-order valence-electron chi connectivity index (χ1n) is 10.4. The molecule has 0 saturated carbocycles. The van der Waals surface area contributed by atoms with Gasteiger partial charge in [0.15, 0.2) is 0 Å². The molecule has 1 saturated heterocycles. The molecule has 2 rings (SSSR count). The van der Waals surface area contributed by atoms with Crippen molar-refractivity contribution in [2.45, 2.75) is 59.2 Å². The van der Waals surface area contributed by atoms with Gasteiger partial charge in [0, 0.05) is 32.8 Å². The fourth-order valence-corrected chi connectivity index (χ4v) is 3.50. The molecule has 0 bridgehead atoms. The Morgan fingerprint density at radius 2 is 2.07 bits per heavy atom. The normalized spacial score (nSPS) is 17.3. The van der Waals surface area contributed by atoms with E-state index in [0.29, 0.717) is 26.2 Å². The molecule has 0 spiro atoms. The van der Waals surface area contributed by atoms with Gasteiger partial charge >= 0.3 is 0 Å². The summed E-state index contributed by atoms with van der Waals surface area (Å²) in [7, 11) is 1.67. The molecule has 1 fully saturated rings. The second-order valence-electron chi connectivity index (χ2n) is 7.78. The molecule has 2 amide bonds. The van der Waals surface area contributed by atoms with Crippen LogP contribution < -0.4 is 15.4 Å². The lowest BCUT2D eigenvalue weighted by atomic mass is 10.00. The van der Waals surface area contributed by atoms with E-state index in [2.05, 4.69) is 22.5 Å². The number of piperazine rings is 1. The summed E-state index contributed by atoms with van der Waals surface area (Å²) >= 11 is 0. The summed E-state index contributed by atoms with van der Waals surface area (Å²) in [6, 6.07) is 3.54. The quantitative estimate of drug-likeness (QED) is 0.582. The van der Waals surface area contributed by atoms with Gasteiger partial charge in [0.05, 0.1) is 25.7 Å². The van der Waals surface area contributed by atoms with E-state index < -0.39 is 6.04 Å². The third kappa shape index (κ3) is 6.72. The van der Waals surface area contributed by atoms with Crippen molar-refractivity contribution >= 4 is 11.8 Å². The van der Waals surface area contributed by atoms with Gasteiger partial charge in [0.25, 0.3) is 0 Å². The number of amides is 2. The maximum Gasteiger partial charge on any atom is 0.237 e. The minimum Gasteiger partial charge on any atom is -0.496 e. The van der Waals surface area contributed by atoms with Crippen molar-refractivity contribution in [3.05, 3.63) is 28.8 Å². The van der Waals surface area contributed by atoms with Crippen molar-refractivity contribution in [2.24, 2.45) is 0 Å². The number of carbonyl (C=O) groups is 2. The third-order valence-electron chi connectivity index (χ3n) is 5.36. The molecule has 2 N–H and O–H groups in total. The summed E-state index contributed by atoms with van der Waals surface area (Å²) in [4.78, 5) is 26.9. The van der Waals surface area contributed by atoms with Gasteiger partial charge in [-0.3, -0.25) is 14.5 Å². The molecule has 7 heteroatoms. The van der Waals surface area contributed by atoms with Crippen molar-refractivity contribution in [3.8, 4) is 5.75 Å². The van der Waals surface area contributed by atoms with Crippen molar-refractivity contribution in [2.75, 3.05) is 33.4 Å². The Kier molecular flexibility index (Phi) is 8.92. The average Bonchev–Trinajstić information content (AvgIpc) is 2.67. The third-order valence-corrected chi connectivity index (χ3v) is 5.36. The molecule has 0 radical (unpaired) electrons. The fraction of sp³-hybridized carbons (Fsp3) is 0.636. The number of hydrogen-bond donors (Lipinski definition) is 2. The van der Waals surface area contributed by atoms with Crippen LogP contribution in [-0.4, -0.2) is 62.2 Å². The predicted octanol–water partition coefficient (Wildman–Crippen LogP) is 1.93. The molecule has 1 heterocycles. The highest BCUT2D eigenvalue weighted by molar-refractivity contribution is 5.88. The number of rotatable bonds is 10. The maximum atomic E-state index is 12.5. The summed E-state index contributed by atoms with van der Waals surface area (Å²) < 4.78 is 10.9. The Morgan fingerprint density at radius 3 is 2.76 bits per heavy atom. The summed E-state index contributed by atoms with van der Waals surface area (Å²) in [6.45, 7) is 11.2. The summed E-state index contributed by atoms with van der Waals surface area (Å²) in [5, 5.41) is 5.79. The Bertz CT molecular complexity index is 706. The van der Waals surface area contributed by atoms with Crippen LogP contribution in [0.1, 0.15) is 43.4 Å². The van der Waals surface area contributed by atoms with Crippen molar-refractivity contribution in [3.63, 3.8) is 0 Å². The fourth-order valence-electron chi connectivity index (χ4n) is 3.50. The molecule has 0 aromatic heterocycles. The van der Waals surface area contributed by atoms with Crippen LogP contribution in [0, 0.1) is 13.8 Å². The molecule has 7 nitrogen and oxygen atoms in total. The second-order valence-corrected chi connectivity index (χ2v) is 7.78. The van der Waals surface area contributed by atoms with E-state index in [1.165, 1.54) is 0 Å². The number of methoxy groups -OCH3 is 1. The Labute approximate surface area is 174 Å². The van der Waals surface area contributed by atoms with Crippen LogP contribution in [-0.2, 0) is 20.9 Å². The van der Waals surface area contributed by atoms with Gasteiger partial charge in [-0.2, -0.15) is 0 Å². The predicted molar refractivity (Wildman–Crippen MR) is 113 cm³/mol. The zero-order valence-corrected chi connectivity index (χ0v) is 18.3. The van der Waals surface area contributed by atoms with Gasteiger partial charge in [0.1, 0.15) is 5.75 Å². The van der Waals surface area contributed by atoms with Gasteiger partial charge in [0.2, 0.25) is 11.8 Å². The molecule has 1 atom stereocenters. The van der Waals surface area contributed by atoms with E-state index >= 15 is 0 Å². The minimum atomic E-state index is -0.461. The van der Waals surface area contributed by atoms with Gasteiger partial charge in [-0.05, 0) is 56.9 Å². The number of benzene rings is 1. The molecule has 1 aromatic rings. The molecular weight excluding hydrogens is 370 g/mol. The van der Waals surface area contributed by atoms with Gasteiger partial charge in [-0.1, -0.05) is 6.07 Å². The van der Waals surface area contributed by atoms with E-state index in [4.69, 9.17) is 9.47 Å². The molecule has 1 aromatic carbocycles. The Balaban J connectivity index is 1.96. The summed E-state index contributed by atoms with van der Waals surface area (Å²) in [6.07, 6.45) is 1.11. The van der Waals surface area contributed by atoms with E-state index in [9.17, 15) is 9.59 Å².